The van der Waals surface area contributed by atoms with Gasteiger partial charge in [0.15, 0.2) is 0 Å². The largest absolute Gasteiger partial charge is 0.497 e. The van der Waals surface area contributed by atoms with E-state index in [0.29, 0.717) is 5.75 Å². The van der Waals surface area contributed by atoms with Crippen LogP contribution < -0.4 is 19.3 Å². The van der Waals surface area contributed by atoms with Crippen LogP contribution in [0.25, 0.3) is 0 Å². The summed E-state index contributed by atoms with van der Waals surface area (Å²) in [6.07, 6.45) is 4.16. The minimum Gasteiger partial charge on any atom is -0.497 e. The molecule has 0 radical (unpaired) electrons. The minimum atomic E-state index is -0.175. The van der Waals surface area contributed by atoms with Gasteiger partial charge in [0.25, 0.3) is 0 Å². The minimum absolute atomic E-state index is 0.175. The third-order valence-corrected chi connectivity index (χ3v) is 7.26. The number of ether oxygens (including phenoxy) is 2. The first-order valence-corrected chi connectivity index (χ1v) is 12.8. The summed E-state index contributed by atoms with van der Waals surface area (Å²) in [6.45, 7) is 8.03. The summed E-state index contributed by atoms with van der Waals surface area (Å²) in [5.74, 6) is 2.96. The molecule has 0 saturated carbocycles. The smallest absolute Gasteiger partial charge is 0.127 e. The van der Waals surface area contributed by atoms with Crippen LogP contribution in [0.2, 0.25) is 0 Å². The van der Waals surface area contributed by atoms with Gasteiger partial charge in [0, 0.05) is 29.7 Å². The number of hydrogen-bond donors (Lipinski definition) is 0. The van der Waals surface area contributed by atoms with E-state index >= 15 is 0 Å². The van der Waals surface area contributed by atoms with Crippen molar-refractivity contribution >= 4 is 23.1 Å². The molecule has 0 unspecified atom stereocenters. The fourth-order valence-electron chi connectivity index (χ4n) is 4.05. The molecule has 6 heteroatoms. The third kappa shape index (κ3) is 6.05. The molecular formula is C30H35FN2O2S. The number of anilines is 2. The first-order valence-electron chi connectivity index (χ1n) is 11.9. The van der Waals surface area contributed by atoms with Gasteiger partial charge in [-0.15, -0.1) is 11.8 Å². The lowest BCUT2D eigenvalue weighted by atomic mass is 10.1. The number of thioether (sulfide) groups is 1. The van der Waals surface area contributed by atoms with Gasteiger partial charge >= 0.3 is 0 Å². The molecule has 0 amide bonds. The molecule has 0 heterocycles. The predicted molar refractivity (Wildman–Crippen MR) is 152 cm³/mol. The number of rotatable bonds is 10. The highest BCUT2D eigenvalue weighted by Gasteiger charge is 2.22. The number of aryl methyl sites for hydroxylation is 2. The van der Waals surface area contributed by atoms with Crippen molar-refractivity contribution in [2.45, 2.75) is 33.4 Å². The van der Waals surface area contributed by atoms with Crippen LogP contribution in [-0.4, -0.2) is 21.3 Å². The molecular weight excluding hydrogens is 471 g/mol. The Bertz CT molecular complexity index is 1220. The van der Waals surface area contributed by atoms with Crippen LogP contribution in [0.1, 0.15) is 30.5 Å². The van der Waals surface area contributed by atoms with Crippen LogP contribution in [0.15, 0.2) is 83.7 Å². The SMILES string of the molecule is C/C=C(/N(C)c1ccc(OC)c(C)c1)N(/C(=C\C)SCc1c(C)cccc1F)c1ccc(OC)cc1. The number of hydrogen-bond acceptors (Lipinski definition) is 5. The normalized spacial score (nSPS) is 11.9. The number of allylic oxidation sites excluding steroid dienone is 2. The molecule has 0 saturated heterocycles. The molecule has 0 bridgehead atoms. The Kier molecular flexibility index (Phi) is 9.48. The zero-order valence-corrected chi connectivity index (χ0v) is 22.9. The summed E-state index contributed by atoms with van der Waals surface area (Å²) in [4.78, 5) is 4.34. The molecule has 0 fully saturated rings. The van der Waals surface area contributed by atoms with Crippen molar-refractivity contribution in [1.82, 2.24) is 0 Å². The van der Waals surface area contributed by atoms with E-state index in [-0.39, 0.29) is 5.82 Å². The Hall–Kier alpha value is -3.38. The van der Waals surface area contributed by atoms with Gasteiger partial charge in [0.2, 0.25) is 0 Å². The van der Waals surface area contributed by atoms with E-state index in [4.69, 9.17) is 9.47 Å². The highest BCUT2D eigenvalue weighted by atomic mass is 32.2. The number of methoxy groups -OCH3 is 2. The van der Waals surface area contributed by atoms with E-state index in [1.54, 1.807) is 32.0 Å². The second-order valence-electron chi connectivity index (χ2n) is 8.34. The van der Waals surface area contributed by atoms with Gasteiger partial charge in [-0.25, -0.2) is 4.39 Å². The van der Waals surface area contributed by atoms with Gasteiger partial charge in [-0.1, -0.05) is 18.2 Å². The Morgan fingerprint density at radius 3 is 2.14 bits per heavy atom. The predicted octanol–water partition coefficient (Wildman–Crippen LogP) is 8.06. The first-order chi connectivity index (χ1) is 17.3. The summed E-state index contributed by atoms with van der Waals surface area (Å²) in [7, 11) is 5.39. The van der Waals surface area contributed by atoms with Gasteiger partial charge in [-0.3, -0.25) is 4.90 Å². The van der Waals surface area contributed by atoms with E-state index in [2.05, 4.69) is 28.0 Å². The van der Waals surface area contributed by atoms with E-state index < -0.39 is 0 Å². The summed E-state index contributed by atoms with van der Waals surface area (Å²) in [6, 6.07) is 19.3. The fraction of sp³-hybridized carbons (Fsp3) is 0.267. The van der Waals surface area contributed by atoms with Gasteiger partial charge in [-0.2, -0.15) is 0 Å². The average molecular weight is 507 g/mol. The van der Waals surface area contributed by atoms with Crippen LogP contribution in [0.3, 0.4) is 0 Å². The molecule has 3 aromatic carbocycles. The van der Waals surface area contributed by atoms with Crippen LogP contribution in [0.4, 0.5) is 15.8 Å². The molecule has 4 nitrogen and oxygen atoms in total. The second-order valence-corrected chi connectivity index (χ2v) is 9.34. The molecule has 0 atom stereocenters. The van der Waals surface area contributed by atoms with E-state index in [1.807, 2.05) is 77.2 Å². The zero-order chi connectivity index (χ0) is 26.2. The Morgan fingerprint density at radius 2 is 1.58 bits per heavy atom. The summed E-state index contributed by atoms with van der Waals surface area (Å²) < 4.78 is 25.4. The van der Waals surface area contributed by atoms with Gasteiger partial charge in [0.05, 0.1) is 19.2 Å². The summed E-state index contributed by atoms with van der Waals surface area (Å²) in [5.41, 5.74) is 4.74. The van der Waals surface area contributed by atoms with E-state index in [0.717, 1.165) is 50.4 Å². The van der Waals surface area contributed by atoms with Crippen LogP contribution in [0.5, 0.6) is 11.5 Å². The lowest BCUT2D eigenvalue weighted by molar-refractivity contribution is 0.411. The zero-order valence-electron chi connectivity index (χ0n) is 22.1. The highest BCUT2D eigenvalue weighted by molar-refractivity contribution is 8.02. The molecule has 0 aliphatic carbocycles. The van der Waals surface area contributed by atoms with Gasteiger partial charge in [0.1, 0.15) is 23.1 Å². The topological polar surface area (TPSA) is 24.9 Å². The standard InChI is InChI=1S/C30H35FN2O2S/c1-8-29(32(5)24-15-18-28(35-7)22(4)19-24)33(23-13-16-25(34-6)17-14-23)30(9-2)36-20-26-21(3)11-10-12-27(26)31/h8-19H,20H2,1-7H3/b29-8-,30-9+. The highest BCUT2D eigenvalue weighted by Crippen LogP contribution is 2.37. The van der Waals surface area contributed by atoms with Crippen LogP contribution >= 0.6 is 11.8 Å². The molecule has 0 N–H and O–H groups in total. The maximum Gasteiger partial charge on any atom is 0.127 e. The molecule has 3 rings (SSSR count). The maximum atomic E-state index is 14.6. The first kappa shape index (κ1) is 27.2. The van der Waals surface area contributed by atoms with Crippen molar-refractivity contribution in [2.24, 2.45) is 0 Å². The molecule has 0 spiro atoms. The monoisotopic (exact) mass is 506 g/mol. The van der Waals surface area contributed by atoms with E-state index in [9.17, 15) is 4.39 Å². The van der Waals surface area contributed by atoms with Crippen molar-refractivity contribution < 1.29 is 13.9 Å². The number of halogens is 1. The van der Waals surface area contributed by atoms with Crippen molar-refractivity contribution in [3.8, 4) is 11.5 Å². The van der Waals surface area contributed by atoms with E-state index in [1.165, 1.54) is 6.07 Å². The van der Waals surface area contributed by atoms with Crippen LogP contribution in [0, 0.1) is 19.7 Å². The van der Waals surface area contributed by atoms with Gasteiger partial charge < -0.3 is 14.4 Å². The summed E-state index contributed by atoms with van der Waals surface area (Å²) >= 11 is 1.61. The summed E-state index contributed by atoms with van der Waals surface area (Å²) in [5, 5.41) is 0.994. The molecule has 36 heavy (non-hydrogen) atoms. The maximum absolute atomic E-state index is 14.6. The lowest BCUT2D eigenvalue weighted by Crippen LogP contribution is -2.32. The van der Waals surface area contributed by atoms with Crippen molar-refractivity contribution in [1.29, 1.82) is 0 Å². The fourth-order valence-corrected chi connectivity index (χ4v) is 5.20. The molecule has 0 aliphatic rings. The Morgan fingerprint density at radius 1 is 0.889 bits per heavy atom. The second kappa shape index (κ2) is 12.5. The van der Waals surface area contributed by atoms with Crippen molar-refractivity contribution in [3.05, 3.63) is 106 Å². The van der Waals surface area contributed by atoms with Crippen molar-refractivity contribution in [2.75, 3.05) is 31.1 Å². The Labute approximate surface area is 219 Å². The quantitative estimate of drug-likeness (QED) is 0.277. The lowest BCUT2D eigenvalue weighted by Gasteiger charge is -2.35. The number of nitrogens with zero attached hydrogens (tertiary/aromatic N) is 2. The van der Waals surface area contributed by atoms with Crippen LogP contribution in [-0.2, 0) is 5.75 Å². The average Bonchev–Trinajstić information content (AvgIpc) is 2.89. The molecule has 0 aromatic heterocycles. The van der Waals surface area contributed by atoms with Gasteiger partial charge in [-0.05, 0) is 93.4 Å². The third-order valence-electron chi connectivity index (χ3n) is 6.11. The number of benzene rings is 3. The van der Waals surface area contributed by atoms with Crippen molar-refractivity contribution in [3.63, 3.8) is 0 Å². The Balaban J connectivity index is 2.03. The molecule has 0 aliphatic heterocycles. The molecule has 190 valence electrons. The molecule has 3 aromatic rings.